The van der Waals surface area contributed by atoms with E-state index in [4.69, 9.17) is 21.4 Å². The van der Waals surface area contributed by atoms with E-state index >= 15 is 0 Å². The van der Waals surface area contributed by atoms with Crippen molar-refractivity contribution < 1.29 is 9.26 Å². The summed E-state index contributed by atoms with van der Waals surface area (Å²) >= 11 is 0. The average molecular weight is 233 g/mol. The summed E-state index contributed by atoms with van der Waals surface area (Å²) in [6.07, 6.45) is 9.50. The van der Waals surface area contributed by atoms with E-state index in [9.17, 15) is 0 Å². The molecule has 0 saturated carbocycles. The zero-order valence-electron chi connectivity index (χ0n) is 9.50. The van der Waals surface area contributed by atoms with Crippen molar-refractivity contribution in [2.45, 2.75) is 49.9 Å². The van der Waals surface area contributed by atoms with Gasteiger partial charge < -0.3 is 15.0 Å². The van der Waals surface area contributed by atoms with Crippen LogP contribution in [0.15, 0.2) is 4.52 Å². The van der Waals surface area contributed by atoms with Gasteiger partial charge in [-0.1, -0.05) is 5.16 Å². The van der Waals surface area contributed by atoms with E-state index < -0.39 is 0 Å². The smallest absolute Gasteiger partial charge is 0.244 e. The van der Waals surface area contributed by atoms with Gasteiger partial charge in [0, 0.05) is 6.42 Å². The first-order valence-electron chi connectivity index (χ1n) is 5.96. The summed E-state index contributed by atoms with van der Waals surface area (Å²) in [7, 11) is 0. The van der Waals surface area contributed by atoms with E-state index in [0.717, 1.165) is 25.1 Å². The predicted molar refractivity (Wildman–Crippen MR) is 59.9 cm³/mol. The molecule has 2 aliphatic heterocycles. The molecule has 2 N–H and O–H groups in total. The Morgan fingerprint density at radius 2 is 2.41 bits per heavy atom. The lowest BCUT2D eigenvalue weighted by molar-refractivity contribution is 0.0996. The lowest BCUT2D eigenvalue weighted by Gasteiger charge is -2.13. The van der Waals surface area contributed by atoms with E-state index in [1.54, 1.807) is 0 Å². The Balaban J connectivity index is 1.75. The van der Waals surface area contributed by atoms with E-state index in [1.807, 2.05) is 0 Å². The summed E-state index contributed by atoms with van der Waals surface area (Å²) in [6, 6.07) is -0.360. The Bertz CT molecular complexity index is 451. The molecule has 2 saturated heterocycles. The number of hydrogen-bond donors (Lipinski definition) is 1. The highest BCUT2D eigenvalue weighted by Crippen LogP contribution is 2.43. The molecule has 5 nitrogen and oxygen atoms in total. The van der Waals surface area contributed by atoms with Gasteiger partial charge in [0.1, 0.15) is 0 Å². The van der Waals surface area contributed by atoms with Gasteiger partial charge in [0.05, 0.1) is 24.2 Å². The second-order valence-corrected chi connectivity index (χ2v) is 4.72. The highest BCUT2D eigenvalue weighted by Gasteiger charge is 2.43. The second kappa shape index (κ2) is 4.13. The number of rotatable bonds is 3. The van der Waals surface area contributed by atoms with E-state index in [-0.39, 0.29) is 18.1 Å². The molecule has 17 heavy (non-hydrogen) atoms. The molecule has 3 rings (SSSR count). The molecule has 1 aromatic rings. The Kier molecular flexibility index (Phi) is 2.61. The monoisotopic (exact) mass is 233 g/mol. The second-order valence-electron chi connectivity index (χ2n) is 4.72. The molecule has 0 amide bonds. The Labute approximate surface area is 99.7 Å². The molecule has 1 aromatic heterocycles. The van der Waals surface area contributed by atoms with Crippen LogP contribution in [0.2, 0.25) is 0 Å². The Morgan fingerprint density at radius 3 is 3.06 bits per heavy atom. The van der Waals surface area contributed by atoms with Crippen LogP contribution >= 0.6 is 0 Å². The first-order valence-corrected chi connectivity index (χ1v) is 5.96. The maximum atomic E-state index is 5.82. The molecular formula is C12H15N3O2. The van der Waals surface area contributed by atoms with Gasteiger partial charge in [0.15, 0.2) is 5.82 Å². The molecule has 3 heterocycles. The zero-order valence-corrected chi connectivity index (χ0v) is 9.50. The number of ether oxygens (including phenoxy) is 1. The van der Waals surface area contributed by atoms with Gasteiger partial charge >= 0.3 is 0 Å². The lowest BCUT2D eigenvalue weighted by atomic mass is 9.89. The highest BCUT2D eigenvalue weighted by atomic mass is 16.5. The van der Waals surface area contributed by atoms with Gasteiger partial charge in [-0.15, -0.1) is 12.3 Å². The van der Waals surface area contributed by atoms with Crippen LogP contribution in [0, 0.1) is 12.3 Å². The molecule has 0 radical (unpaired) electrons. The summed E-state index contributed by atoms with van der Waals surface area (Å²) in [4.78, 5) is 4.35. The van der Waals surface area contributed by atoms with Gasteiger partial charge in [-0.05, 0) is 19.3 Å². The molecule has 4 unspecified atom stereocenters. The van der Waals surface area contributed by atoms with Crippen LogP contribution in [0.4, 0.5) is 0 Å². The molecule has 0 aromatic carbocycles. The molecule has 2 bridgehead atoms. The van der Waals surface area contributed by atoms with Crippen molar-refractivity contribution in [3.05, 3.63) is 11.7 Å². The molecule has 90 valence electrons. The van der Waals surface area contributed by atoms with Crippen LogP contribution < -0.4 is 5.73 Å². The average Bonchev–Trinajstić information content (AvgIpc) is 3.05. The number of hydrogen-bond acceptors (Lipinski definition) is 5. The lowest BCUT2D eigenvalue weighted by Crippen LogP contribution is -2.16. The fourth-order valence-electron chi connectivity index (χ4n) is 2.67. The Morgan fingerprint density at radius 1 is 1.53 bits per heavy atom. The fourth-order valence-corrected chi connectivity index (χ4v) is 2.67. The van der Waals surface area contributed by atoms with Crippen LogP contribution in [-0.4, -0.2) is 22.3 Å². The zero-order chi connectivity index (χ0) is 11.8. The first kappa shape index (κ1) is 10.8. The molecule has 0 aliphatic carbocycles. The number of aromatic nitrogens is 2. The van der Waals surface area contributed by atoms with Gasteiger partial charge in [-0.3, -0.25) is 0 Å². The molecule has 0 spiro atoms. The van der Waals surface area contributed by atoms with Crippen molar-refractivity contribution in [2.75, 3.05) is 0 Å². The topological polar surface area (TPSA) is 74.2 Å². The Hall–Kier alpha value is -1.38. The van der Waals surface area contributed by atoms with Gasteiger partial charge in [0.2, 0.25) is 5.89 Å². The van der Waals surface area contributed by atoms with E-state index in [2.05, 4.69) is 16.1 Å². The van der Waals surface area contributed by atoms with E-state index in [0.29, 0.717) is 18.4 Å². The van der Waals surface area contributed by atoms with Crippen molar-refractivity contribution in [1.29, 1.82) is 0 Å². The highest BCUT2D eigenvalue weighted by molar-refractivity contribution is 5.08. The van der Waals surface area contributed by atoms with Crippen molar-refractivity contribution in [3.8, 4) is 12.3 Å². The van der Waals surface area contributed by atoms with Crippen LogP contribution in [-0.2, 0) is 4.74 Å². The van der Waals surface area contributed by atoms with Crippen LogP contribution in [0.5, 0.6) is 0 Å². The molecule has 2 aliphatic rings. The minimum absolute atomic E-state index is 0.259. The third-order valence-electron chi connectivity index (χ3n) is 3.55. The van der Waals surface area contributed by atoms with Crippen molar-refractivity contribution >= 4 is 0 Å². The fraction of sp³-hybridized carbons (Fsp3) is 0.667. The largest absolute Gasteiger partial charge is 0.374 e. The number of terminal acetylenes is 1. The van der Waals surface area contributed by atoms with Crippen LogP contribution in [0.1, 0.15) is 49.4 Å². The van der Waals surface area contributed by atoms with Gasteiger partial charge in [0.25, 0.3) is 0 Å². The third-order valence-corrected chi connectivity index (χ3v) is 3.55. The van der Waals surface area contributed by atoms with Gasteiger partial charge in [-0.25, -0.2) is 0 Å². The minimum atomic E-state index is -0.360. The summed E-state index contributed by atoms with van der Waals surface area (Å²) < 4.78 is 10.9. The summed E-state index contributed by atoms with van der Waals surface area (Å²) in [5.41, 5.74) is 5.82. The number of fused-ring (bicyclic) bond motifs is 2. The number of nitrogens with two attached hydrogens (primary N) is 1. The molecule has 2 fully saturated rings. The van der Waals surface area contributed by atoms with Crippen molar-refractivity contribution in [2.24, 2.45) is 5.73 Å². The summed E-state index contributed by atoms with van der Waals surface area (Å²) in [5, 5.41) is 4.01. The first-order chi connectivity index (χ1) is 8.28. The van der Waals surface area contributed by atoms with Crippen LogP contribution in [0.25, 0.3) is 0 Å². The standard InChI is InChI=1S/C12H15N3O2/c1-2-3-9(13)12-14-11(15-17-12)8-6-7-4-5-10(8)16-7/h1,7-10H,3-6,13H2. The van der Waals surface area contributed by atoms with Gasteiger partial charge in [-0.2, -0.15) is 4.98 Å². The normalized spacial score (nSPS) is 32.6. The third kappa shape index (κ3) is 1.84. The number of nitrogens with zero attached hydrogens (tertiary/aromatic N) is 2. The predicted octanol–water partition coefficient (Wildman–Crippen LogP) is 1.13. The van der Waals surface area contributed by atoms with Crippen molar-refractivity contribution in [3.63, 3.8) is 0 Å². The SMILES string of the molecule is C#CCC(N)c1nc(C2CC3CCC2O3)no1. The summed E-state index contributed by atoms with van der Waals surface area (Å²) in [6.45, 7) is 0. The molecular weight excluding hydrogens is 218 g/mol. The molecule has 4 atom stereocenters. The summed E-state index contributed by atoms with van der Waals surface area (Å²) in [5.74, 6) is 3.92. The maximum Gasteiger partial charge on any atom is 0.244 e. The maximum absolute atomic E-state index is 5.82. The van der Waals surface area contributed by atoms with E-state index in [1.165, 1.54) is 0 Å². The quantitative estimate of drug-likeness (QED) is 0.792. The molecule has 5 heteroatoms. The van der Waals surface area contributed by atoms with Crippen LogP contribution in [0.3, 0.4) is 0 Å². The minimum Gasteiger partial charge on any atom is -0.374 e. The van der Waals surface area contributed by atoms with Crippen molar-refractivity contribution in [1.82, 2.24) is 10.1 Å².